The van der Waals surface area contributed by atoms with Crippen molar-refractivity contribution in [3.8, 4) is 39.7 Å². The molecular formula is C27H24FN3O2. The molecule has 3 N–H and O–H groups in total. The molecule has 2 heterocycles. The van der Waals surface area contributed by atoms with E-state index in [1.165, 1.54) is 6.07 Å². The fourth-order valence-electron chi connectivity index (χ4n) is 5.31. The van der Waals surface area contributed by atoms with Gasteiger partial charge in [-0.15, -0.1) is 0 Å². The second-order valence-electron chi connectivity index (χ2n) is 9.40. The number of halogens is 1. The number of nitrogens with two attached hydrogens (primary N) is 1. The number of nitrogens with zero attached hydrogens (tertiary/aromatic N) is 2. The number of ether oxygens (including phenoxy) is 1. The third-order valence-corrected chi connectivity index (χ3v) is 6.69. The maximum absolute atomic E-state index is 14.8. The Morgan fingerprint density at radius 2 is 1.70 bits per heavy atom. The van der Waals surface area contributed by atoms with E-state index in [0.717, 1.165) is 28.1 Å². The molecule has 3 aromatic carbocycles. The van der Waals surface area contributed by atoms with Crippen LogP contribution in [-0.4, -0.2) is 20.3 Å². The van der Waals surface area contributed by atoms with Crippen LogP contribution in [0.4, 0.5) is 4.39 Å². The van der Waals surface area contributed by atoms with Crippen molar-refractivity contribution in [3.63, 3.8) is 0 Å². The monoisotopic (exact) mass is 441 g/mol. The molecule has 33 heavy (non-hydrogen) atoms. The normalized spacial score (nSPS) is 23.3. The summed E-state index contributed by atoms with van der Waals surface area (Å²) in [5, 5.41) is 10.2. The summed E-state index contributed by atoms with van der Waals surface area (Å²) in [4.78, 5) is 4.92. The molecular weight excluding hydrogens is 417 g/mol. The average molecular weight is 442 g/mol. The van der Waals surface area contributed by atoms with E-state index in [9.17, 15) is 9.50 Å². The van der Waals surface area contributed by atoms with E-state index in [1.54, 1.807) is 12.1 Å². The number of hydrogen-bond acceptors (Lipinski definition) is 4. The lowest BCUT2D eigenvalue weighted by molar-refractivity contribution is -0.0738. The summed E-state index contributed by atoms with van der Waals surface area (Å²) in [6.45, 7) is 2.06. The minimum atomic E-state index is -0.714. The molecule has 1 aromatic heterocycles. The van der Waals surface area contributed by atoms with Crippen molar-refractivity contribution in [2.75, 3.05) is 0 Å². The van der Waals surface area contributed by atoms with Crippen LogP contribution < -0.4 is 10.5 Å². The van der Waals surface area contributed by atoms with E-state index in [1.807, 2.05) is 66.1 Å². The number of aromatic nitrogens is 2. The number of fused-ring (bicyclic) bond motifs is 3. The molecule has 0 spiro atoms. The lowest BCUT2D eigenvalue weighted by Gasteiger charge is -2.49. The third-order valence-electron chi connectivity index (χ3n) is 6.69. The van der Waals surface area contributed by atoms with Gasteiger partial charge >= 0.3 is 0 Å². The van der Waals surface area contributed by atoms with E-state index >= 15 is 0 Å². The average Bonchev–Trinajstić information content (AvgIpc) is 3.18. The van der Waals surface area contributed by atoms with Crippen LogP contribution in [0.5, 0.6) is 5.75 Å². The Hall–Kier alpha value is -3.48. The maximum atomic E-state index is 14.8. The summed E-state index contributed by atoms with van der Waals surface area (Å²) in [6.07, 6.45) is 1.06. The molecule has 0 unspecified atom stereocenters. The lowest BCUT2D eigenvalue weighted by Crippen LogP contribution is -2.58. The van der Waals surface area contributed by atoms with E-state index in [2.05, 4.69) is 0 Å². The predicted octanol–water partition coefficient (Wildman–Crippen LogP) is 5.07. The third kappa shape index (κ3) is 3.17. The molecule has 0 saturated heterocycles. The molecule has 2 aliphatic rings. The first-order valence-corrected chi connectivity index (χ1v) is 11.0. The zero-order chi connectivity index (χ0) is 22.8. The smallest absolute Gasteiger partial charge is 0.167 e. The number of hydrogen-bond donors (Lipinski definition) is 2. The summed E-state index contributed by atoms with van der Waals surface area (Å²) >= 11 is 0. The van der Waals surface area contributed by atoms with Crippen molar-refractivity contribution in [3.05, 3.63) is 84.2 Å². The first-order valence-electron chi connectivity index (χ1n) is 11.0. The van der Waals surface area contributed by atoms with Gasteiger partial charge in [0.25, 0.3) is 0 Å². The minimum absolute atomic E-state index is 0.252. The highest BCUT2D eigenvalue weighted by Crippen LogP contribution is 2.47. The number of aliphatic hydroxyl groups is 1. The molecule has 0 bridgehead atoms. The van der Waals surface area contributed by atoms with E-state index < -0.39 is 11.1 Å². The van der Waals surface area contributed by atoms with Gasteiger partial charge in [-0.3, -0.25) is 4.57 Å². The Morgan fingerprint density at radius 1 is 0.970 bits per heavy atom. The van der Waals surface area contributed by atoms with Crippen molar-refractivity contribution < 1.29 is 14.2 Å². The molecule has 0 atom stereocenters. The van der Waals surface area contributed by atoms with Crippen LogP contribution in [0, 0.1) is 5.82 Å². The van der Waals surface area contributed by atoms with Gasteiger partial charge in [0, 0.05) is 16.7 Å². The van der Waals surface area contributed by atoms with Gasteiger partial charge in [0.05, 0.1) is 22.6 Å². The highest BCUT2D eigenvalue weighted by molar-refractivity contribution is 5.83. The van der Waals surface area contributed by atoms with E-state index in [0.29, 0.717) is 30.0 Å². The van der Waals surface area contributed by atoms with Gasteiger partial charge in [-0.05, 0) is 37.5 Å². The SMILES string of the molecule is C[C@]1(O)C[C@](N)(c2ccc(-c3nc4n(c3-c3ccccc3)COc3cccc(F)c3-4)cc2)C1. The molecule has 4 aromatic rings. The summed E-state index contributed by atoms with van der Waals surface area (Å²) in [5.74, 6) is 0.691. The molecule has 1 saturated carbocycles. The van der Waals surface area contributed by atoms with Crippen LogP contribution in [-0.2, 0) is 12.3 Å². The van der Waals surface area contributed by atoms with Gasteiger partial charge in [0.1, 0.15) is 11.6 Å². The van der Waals surface area contributed by atoms with Crippen LogP contribution in [0.3, 0.4) is 0 Å². The minimum Gasteiger partial charge on any atom is -0.472 e. The van der Waals surface area contributed by atoms with Crippen LogP contribution in [0.2, 0.25) is 0 Å². The fraction of sp³-hybridized carbons (Fsp3) is 0.222. The van der Waals surface area contributed by atoms with Gasteiger partial charge in [-0.1, -0.05) is 60.7 Å². The molecule has 5 nitrogen and oxygen atoms in total. The summed E-state index contributed by atoms with van der Waals surface area (Å²) < 4.78 is 22.6. The Kier molecular flexibility index (Phi) is 4.28. The molecule has 1 aliphatic carbocycles. The predicted molar refractivity (Wildman–Crippen MR) is 125 cm³/mol. The van der Waals surface area contributed by atoms with Crippen molar-refractivity contribution in [2.24, 2.45) is 5.73 Å². The summed E-state index contributed by atoms with van der Waals surface area (Å²) in [6, 6.07) is 22.8. The van der Waals surface area contributed by atoms with Crippen LogP contribution in [0.15, 0.2) is 72.8 Å². The molecule has 0 amide bonds. The largest absolute Gasteiger partial charge is 0.472 e. The molecule has 1 fully saturated rings. The van der Waals surface area contributed by atoms with Gasteiger partial charge < -0.3 is 15.6 Å². The quantitative estimate of drug-likeness (QED) is 0.465. The van der Waals surface area contributed by atoms with Gasteiger partial charge in [-0.25, -0.2) is 9.37 Å². The summed E-state index contributed by atoms with van der Waals surface area (Å²) in [7, 11) is 0. The molecule has 166 valence electrons. The molecule has 6 rings (SSSR count). The maximum Gasteiger partial charge on any atom is 0.167 e. The van der Waals surface area contributed by atoms with Crippen LogP contribution in [0.25, 0.3) is 33.9 Å². The lowest BCUT2D eigenvalue weighted by atomic mass is 9.63. The zero-order valence-electron chi connectivity index (χ0n) is 18.3. The number of imidazole rings is 1. The zero-order valence-corrected chi connectivity index (χ0v) is 18.3. The van der Waals surface area contributed by atoms with Gasteiger partial charge in [-0.2, -0.15) is 0 Å². The van der Waals surface area contributed by atoms with Crippen LogP contribution in [0.1, 0.15) is 25.3 Å². The second-order valence-corrected chi connectivity index (χ2v) is 9.40. The molecule has 1 aliphatic heterocycles. The Labute approximate surface area is 191 Å². The van der Waals surface area contributed by atoms with Crippen molar-refractivity contribution in [1.29, 1.82) is 0 Å². The van der Waals surface area contributed by atoms with Crippen molar-refractivity contribution in [1.82, 2.24) is 9.55 Å². The Bertz CT molecular complexity index is 1350. The fourth-order valence-corrected chi connectivity index (χ4v) is 5.31. The van der Waals surface area contributed by atoms with Crippen molar-refractivity contribution >= 4 is 0 Å². The second kappa shape index (κ2) is 7.01. The first-order chi connectivity index (χ1) is 15.8. The number of rotatable bonds is 3. The topological polar surface area (TPSA) is 73.3 Å². The standard InChI is InChI=1S/C27H24FN3O2/c1-26(32)14-27(29,15-26)19-12-10-17(11-13-19)23-24(18-6-3-2-4-7-18)31-16-33-21-9-5-8-20(28)22(21)25(31)30-23/h2-13,32H,14-16,29H2,1H3/t26-,27+. The van der Waals surface area contributed by atoms with Crippen molar-refractivity contribution in [2.45, 2.75) is 37.6 Å². The summed E-state index contributed by atoms with van der Waals surface area (Å²) in [5.41, 5.74) is 10.2. The van der Waals surface area contributed by atoms with E-state index in [4.69, 9.17) is 15.5 Å². The highest BCUT2D eigenvalue weighted by Gasteiger charge is 2.49. The first kappa shape index (κ1) is 20.1. The molecule has 6 heteroatoms. The van der Waals surface area contributed by atoms with E-state index in [-0.39, 0.29) is 12.5 Å². The Morgan fingerprint density at radius 3 is 2.39 bits per heavy atom. The number of benzene rings is 3. The van der Waals surface area contributed by atoms with Gasteiger partial charge in [0.2, 0.25) is 0 Å². The highest BCUT2D eigenvalue weighted by atomic mass is 19.1. The Balaban J connectivity index is 1.50. The molecule has 0 radical (unpaired) electrons. The van der Waals surface area contributed by atoms with Gasteiger partial charge in [0.15, 0.2) is 12.6 Å². The van der Waals surface area contributed by atoms with Crippen LogP contribution >= 0.6 is 0 Å².